The molecular weight excluding hydrogens is 192 g/mol. The van der Waals surface area contributed by atoms with Gasteiger partial charge in [0.05, 0.1) is 0 Å². The van der Waals surface area contributed by atoms with E-state index in [1.807, 2.05) is 13.0 Å². The molecule has 16 heavy (non-hydrogen) atoms. The van der Waals surface area contributed by atoms with Gasteiger partial charge in [-0.25, -0.2) is 0 Å². The molecule has 1 atom stereocenters. The Morgan fingerprint density at radius 3 is 2.25 bits per heavy atom. The van der Waals surface area contributed by atoms with Crippen LogP contribution in [-0.2, 0) is 0 Å². The van der Waals surface area contributed by atoms with Crippen molar-refractivity contribution in [3.05, 3.63) is 48.6 Å². The van der Waals surface area contributed by atoms with Gasteiger partial charge in [0, 0.05) is 0 Å². The quantitative estimate of drug-likeness (QED) is 0.553. The Labute approximate surface area is 101 Å². The molecule has 0 heteroatoms. The van der Waals surface area contributed by atoms with E-state index in [-0.39, 0.29) is 0 Å². The summed E-state index contributed by atoms with van der Waals surface area (Å²) in [7, 11) is 0. The molecule has 0 spiro atoms. The molecule has 0 bridgehead atoms. The highest BCUT2D eigenvalue weighted by Crippen LogP contribution is 2.28. The fraction of sp³-hybridized carbons (Fsp3) is 0.500. The van der Waals surface area contributed by atoms with Crippen LogP contribution in [0.25, 0.3) is 0 Å². The van der Waals surface area contributed by atoms with Crippen LogP contribution in [0.15, 0.2) is 48.6 Å². The third-order valence-corrected chi connectivity index (χ3v) is 3.01. The second kappa shape index (κ2) is 8.15. The van der Waals surface area contributed by atoms with E-state index in [0.29, 0.717) is 0 Å². The van der Waals surface area contributed by atoms with Gasteiger partial charge >= 0.3 is 0 Å². The summed E-state index contributed by atoms with van der Waals surface area (Å²) in [4.78, 5) is 0. The molecule has 0 nitrogen and oxygen atoms in total. The molecule has 1 rings (SSSR count). The molecule has 0 saturated carbocycles. The van der Waals surface area contributed by atoms with Gasteiger partial charge in [0.1, 0.15) is 0 Å². The van der Waals surface area contributed by atoms with Crippen molar-refractivity contribution in [3.63, 3.8) is 0 Å². The minimum Gasteiger partial charge on any atom is -0.100 e. The van der Waals surface area contributed by atoms with E-state index in [1.54, 1.807) is 0 Å². The first-order valence-corrected chi connectivity index (χ1v) is 6.12. The maximum Gasteiger partial charge on any atom is -0.0171 e. The zero-order valence-corrected chi connectivity index (χ0v) is 11.2. The van der Waals surface area contributed by atoms with Crippen LogP contribution in [0.2, 0.25) is 0 Å². The first-order valence-electron chi connectivity index (χ1n) is 6.12. The fourth-order valence-electron chi connectivity index (χ4n) is 1.49. The lowest BCUT2D eigenvalue weighted by Gasteiger charge is -2.20. The van der Waals surface area contributed by atoms with Crippen molar-refractivity contribution in [2.75, 3.05) is 0 Å². The topological polar surface area (TPSA) is 0 Å². The molecule has 0 aromatic rings. The molecule has 0 fully saturated rings. The van der Waals surface area contributed by atoms with Crippen LogP contribution in [0.1, 0.15) is 46.5 Å². The molecule has 0 heterocycles. The van der Waals surface area contributed by atoms with Crippen LogP contribution in [-0.4, -0.2) is 0 Å². The molecule has 1 aliphatic rings. The first kappa shape index (κ1) is 15.0. The maximum absolute atomic E-state index is 3.97. The zero-order valence-electron chi connectivity index (χ0n) is 11.2. The van der Waals surface area contributed by atoms with Crippen LogP contribution >= 0.6 is 0 Å². The van der Waals surface area contributed by atoms with E-state index in [0.717, 1.165) is 18.8 Å². The first-order chi connectivity index (χ1) is 7.51. The number of hydrogen-bond donors (Lipinski definition) is 0. The monoisotopic (exact) mass is 218 g/mol. The van der Waals surface area contributed by atoms with Crippen molar-refractivity contribution in [1.29, 1.82) is 0 Å². The van der Waals surface area contributed by atoms with E-state index < -0.39 is 0 Å². The van der Waals surface area contributed by atoms with Gasteiger partial charge in [-0.1, -0.05) is 49.0 Å². The Morgan fingerprint density at radius 1 is 1.44 bits per heavy atom. The Morgan fingerprint density at radius 2 is 2.00 bits per heavy atom. The smallest absolute Gasteiger partial charge is 0.0171 e. The van der Waals surface area contributed by atoms with E-state index in [2.05, 4.69) is 39.7 Å². The lowest BCUT2D eigenvalue weighted by Crippen LogP contribution is -2.05. The summed E-state index contributed by atoms with van der Waals surface area (Å²) in [6, 6.07) is 0. The number of hydrogen-bond acceptors (Lipinski definition) is 0. The summed E-state index contributed by atoms with van der Waals surface area (Å²) in [5.74, 6) is 0.721. The normalized spacial score (nSPS) is 18.9. The van der Waals surface area contributed by atoms with E-state index >= 15 is 0 Å². The largest absolute Gasteiger partial charge is 0.100 e. The molecule has 90 valence electrons. The summed E-state index contributed by atoms with van der Waals surface area (Å²) in [6.07, 6.45) is 8.97. The number of rotatable bonds is 3. The third kappa shape index (κ3) is 6.44. The van der Waals surface area contributed by atoms with Gasteiger partial charge in [0.15, 0.2) is 0 Å². The predicted molar refractivity (Wildman–Crippen MR) is 75.5 cm³/mol. The molecule has 0 saturated heterocycles. The van der Waals surface area contributed by atoms with Gasteiger partial charge < -0.3 is 0 Å². The van der Waals surface area contributed by atoms with Crippen molar-refractivity contribution >= 4 is 0 Å². The molecule has 0 amide bonds. The molecule has 0 aliphatic heterocycles. The average Bonchev–Trinajstić information content (AvgIpc) is 2.29. The highest BCUT2D eigenvalue weighted by Gasteiger charge is 2.12. The van der Waals surface area contributed by atoms with Crippen LogP contribution in [0.4, 0.5) is 0 Å². The molecule has 0 aromatic carbocycles. The van der Waals surface area contributed by atoms with Crippen LogP contribution in [0.5, 0.6) is 0 Å². The van der Waals surface area contributed by atoms with E-state index in [9.17, 15) is 0 Å². The Balaban J connectivity index is 0.000000385. The van der Waals surface area contributed by atoms with Gasteiger partial charge in [0.25, 0.3) is 0 Å². The molecular formula is C16H26. The van der Waals surface area contributed by atoms with Gasteiger partial charge in [-0.15, -0.1) is 6.58 Å². The van der Waals surface area contributed by atoms with Crippen molar-refractivity contribution in [2.45, 2.75) is 46.5 Å². The minimum atomic E-state index is 0.721. The maximum atomic E-state index is 3.97. The third-order valence-electron chi connectivity index (χ3n) is 3.01. The highest BCUT2D eigenvalue weighted by molar-refractivity contribution is 5.20. The molecule has 0 radical (unpaired) electrons. The van der Waals surface area contributed by atoms with E-state index in [4.69, 9.17) is 0 Å². The summed E-state index contributed by atoms with van der Waals surface area (Å²) in [5, 5.41) is 0. The molecule has 0 N–H and O–H groups in total. The summed E-state index contributed by atoms with van der Waals surface area (Å²) in [6.45, 7) is 17.7. The SMILES string of the molecule is C=C(C)CC.C=CC1=CCC(C(=C)C)CC1. The molecule has 1 aliphatic carbocycles. The van der Waals surface area contributed by atoms with Crippen LogP contribution < -0.4 is 0 Å². The van der Waals surface area contributed by atoms with Gasteiger partial charge in [-0.3, -0.25) is 0 Å². The van der Waals surface area contributed by atoms with Crippen LogP contribution in [0.3, 0.4) is 0 Å². The Bertz CT molecular complexity index is 278. The standard InChI is InChI=1S/C11H16.C5H10/c1-4-10-5-7-11(8-6-10)9(2)3;1-4-5(2)3/h4-5,11H,1-2,6-8H2,3H3;2,4H2,1,3H3. The highest BCUT2D eigenvalue weighted by atomic mass is 14.2. The lowest BCUT2D eigenvalue weighted by molar-refractivity contribution is 0.545. The summed E-state index contributed by atoms with van der Waals surface area (Å²) >= 11 is 0. The van der Waals surface area contributed by atoms with Crippen molar-refractivity contribution in [3.8, 4) is 0 Å². The summed E-state index contributed by atoms with van der Waals surface area (Å²) < 4.78 is 0. The van der Waals surface area contributed by atoms with Crippen LogP contribution in [0, 0.1) is 5.92 Å². The van der Waals surface area contributed by atoms with Gasteiger partial charge in [-0.05, 0) is 45.4 Å². The predicted octanol–water partition coefficient (Wildman–Crippen LogP) is 5.45. The van der Waals surface area contributed by atoms with E-state index in [1.165, 1.54) is 29.6 Å². The lowest BCUT2D eigenvalue weighted by atomic mass is 9.86. The fourth-order valence-corrected chi connectivity index (χ4v) is 1.49. The van der Waals surface area contributed by atoms with Crippen molar-refractivity contribution in [1.82, 2.24) is 0 Å². The second-order valence-corrected chi connectivity index (χ2v) is 4.61. The van der Waals surface area contributed by atoms with Gasteiger partial charge in [0.2, 0.25) is 0 Å². The minimum absolute atomic E-state index is 0.721. The van der Waals surface area contributed by atoms with Crippen molar-refractivity contribution in [2.24, 2.45) is 5.92 Å². The Kier molecular flexibility index (Phi) is 7.62. The average molecular weight is 218 g/mol. The second-order valence-electron chi connectivity index (χ2n) is 4.61. The molecule has 1 unspecified atom stereocenters. The van der Waals surface area contributed by atoms with Crippen molar-refractivity contribution < 1.29 is 0 Å². The summed E-state index contributed by atoms with van der Waals surface area (Å²) in [5.41, 5.74) is 3.98. The van der Waals surface area contributed by atoms with Gasteiger partial charge in [-0.2, -0.15) is 0 Å². The number of allylic oxidation sites excluding steroid dienone is 5. The zero-order chi connectivity index (χ0) is 12.6. The molecule has 0 aromatic heterocycles. The Hall–Kier alpha value is -1.04.